The number of hydrazine groups is 1. The van der Waals surface area contributed by atoms with Crippen LogP contribution in [0.3, 0.4) is 0 Å². The molecule has 0 saturated heterocycles. The van der Waals surface area contributed by atoms with Crippen molar-refractivity contribution in [3.63, 3.8) is 0 Å². The molecule has 0 spiro atoms. The Balaban J connectivity index is 1.84. The predicted molar refractivity (Wildman–Crippen MR) is 94.1 cm³/mol. The van der Waals surface area contributed by atoms with Gasteiger partial charge in [-0.15, -0.1) is 0 Å². The minimum Gasteiger partial charge on any atom is -0.291 e. The third kappa shape index (κ3) is 3.98. The van der Waals surface area contributed by atoms with Gasteiger partial charge in [0.15, 0.2) is 0 Å². The van der Waals surface area contributed by atoms with E-state index >= 15 is 0 Å². The van der Waals surface area contributed by atoms with E-state index in [2.05, 4.69) is 5.43 Å². The molecule has 1 N–H and O–H groups in total. The minimum atomic E-state index is -0.00810. The van der Waals surface area contributed by atoms with E-state index < -0.39 is 0 Å². The van der Waals surface area contributed by atoms with E-state index in [1.165, 1.54) is 0 Å². The molecular weight excluding hydrogens is 284 g/mol. The van der Waals surface area contributed by atoms with Crippen LogP contribution >= 0.6 is 0 Å². The summed E-state index contributed by atoms with van der Waals surface area (Å²) in [6.45, 7) is 0. The minimum absolute atomic E-state index is 0.00810. The Labute approximate surface area is 136 Å². The summed E-state index contributed by atoms with van der Waals surface area (Å²) in [6, 6.07) is 29.1. The highest BCUT2D eigenvalue weighted by molar-refractivity contribution is 5.96. The lowest BCUT2D eigenvalue weighted by Gasteiger charge is -2.24. The second kappa shape index (κ2) is 7.27. The highest BCUT2D eigenvalue weighted by Crippen LogP contribution is 2.17. The number of anilines is 2. The van der Waals surface area contributed by atoms with E-state index in [0.717, 1.165) is 16.9 Å². The third-order valence-corrected chi connectivity index (χ3v) is 3.48. The number of para-hydroxylation sites is 2. The lowest BCUT2D eigenvalue weighted by Crippen LogP contribution is -2.37. The van der Waals surface area contributed by atoms with E-state index in [-0.39, 0.29) is 5.91 Å². The van der Waals surface area contributed by atoms with Gasteiger partial charge in [0, 0.05) is 0 Å². The van der Waals surface area contributed by atoms with Crippen molar-refractivity contribution in [3.05, 3.63) is 96.6 Å². The molecule has 1 amide bonds. The highest BCUT2D eigenvalue weighted by Gasteiger charge is 2.16. The first-order valence-electron chi connectivity index (χ1n) is 7.56. The van der Waals surface area contributed by atoms with Gasteiger partial charge in [-0.25, -0.2) is 5.01 Å². The zero-order valence-electron chi connectivity index (χ0n) is 12.7. The summed E-state index contributed by atoms with van der Waals surface area (Å²) in [4.78, 5) is 12.8. The molecule has 0 aliphatic heterocycles. The van der Waals surface area contributed by atoms with Gasteiger partial charge in [-0.3, -0.25) is 10.2 Å². The van der Waals surface area contributed by atoms with Crippen molar-refractivity contribution in [2.24, 2.45) is 0 Å². The summed E-state index contributed by atoms with van der Waals surface area (Å²) in [6.07, 6.45) is 0.343. The molecule has 3 aromatic rings. The van der Waals surface area contributed by atoms with Crippen LogP contribution in [0, 0.1) is 0 Å². The summed E-state index contributed by atoms with van der Waals surface area (Å²) in [5.74, 6) is -0.00810. The van der Waals surface area contributed by atoms with E-state index in [0.29, 0.717) is 6.42 Å². The van der Waals surface area contributed by atoms with Crippen molar-refractivity contribution in [2.75, 3.05) is 10.4 Å². The van der Waals surface area contributed by atoms with Crippen molar-refractivity contribution < 1.29 is 4.79 Å². The molecule has 0 saturated carbocycles. The van der Waals surface area contributed by atoms with Gasteiger partial charge in [0.2, 0.25) is 5.91 Å². The molecule has 0 fully saturated rings. The maximum atomic E-state index is 12.8. The second-order valence-corrected chi connectivity index (χ2v) is 5.20. The average molecular weight is 302 g/mol. The number of rotatable bonds is 5. The quantitative estimate of drug-likeness (QED) is 0.713. The molecule has 0 unspecified atom stereocenters. The number of amides is 1. The van der Waals surface area contributed by atoms with Gasteiger partial charge in [0.25, 0.3) is 0 Å². The van der Waals surface area contributed by atoms with Crippen molar-refractivity contribution >= 4 is 17.3 Å². The largest absolute Gasteiger partial charge is 0.291 e. The molecule has 0 bridgehead atoms. The lowest BCUT2D eigenvalue weighted by atomic mass is 10.1. The van der Waals surface area contributed by atoms with Gasteiger partial charge < -0.3 is 0 Å². The smallest absolute Gasteiger partial charge is 0.250 e. The van der Waals surface area contributed by atoms with Crippen molar-refractivity contribution in [1.82, 2.24) is 0 Å². The average Bonchev–Trinajstić information content (AvgIpc) is 2.62. The van der Waals surface area contributed by atoms with E-state index in [4.69, 9.17) is 0 Å². The first kappa shape index (κ1) is 14.9. The molecule has 3 heteroatoms. The Hall–Kier alpha value is -3.07. The zero-order chi connectivity index (χ0) is 15.9. The van der Waals surface area contributed by atoms with Crippen LogP contribution in [0.4, 0.5) is 11.4 Å². The maximum absolute atomic E-state index is 12.8. The summed E-state index contributed by atoms with van der Waals surface area (Å²) >= 11 is 0. The molecule has 114 valence electrons. The summed E-state index contributed by atoms with van der Waals surface area (Å²) in [5.41, 5.74) is 5.88. The van der Waals surface area contributed by atoms with Crippen LogP contribution < -0.4 is 10.4 Å². The Morgan fingerprint density at radius 3 is 1.87 bits per heavy atom. The van der Waals surface area contributed by atoms with Gasteiger partial charge >= 0.3 is 0 Å². The number of carbonyl (C=O) groups excluding carboxylic acids is 1. The van der Waals surface area contributed by atoms with Crippen LogP contribution in [0.2, 0.25) is 0 Å². The topological polar surface area (TPSA) is 32.3 Å². The number of nitrogens with zero attached hydrogens (tertiary/aromatic N) is 1. The zero-order valence-corrected chi connectivity index (χ0v) is 12.7. The molecule has 0 aliphatic carbocycles. The van der Waals surface area contributed by atoms with Gasteiger partial charge in [0.05, 0.1) is 17.8 Å². The summed E-state index contributed by atoms with van der Waals surface area (Å²) in [5, 5.41) is 1.60. The molecule has 3 aromatic carbocycles. The Kier molecular flexibility index (Phi) is 4.69. The maximum Gasteiger partial charge on any atom is 0.250 e. The molecule has 0 heterocycles. The van der Waals surface area contributed by atoms with E-state index in [9.17, 15) is 4.79 Å². The molecule has 0 aliphatic rings. The molecule has 0 atom stereocenters. The highest BCUT2D eigenvalue weighted by atomic mass is 16.2. The molecule has 0 aromatic heterocycles. The van der Waals surface area contributed by atoms with Crippen LogP contribution in [0.25, 0.3) is 0 Å². The summed E-state index contributed by atoms with van der Waals surface area (Å²) < 4.78 is 0. The molecular formula is C20H18N2O. The normalized spacial score (nSPS) is 10.1. The Morgan fingerprint density at radius 1 is 0.739 bits per heavy atom. The standard InChI is InChI=1S/C20H18N2O/c23-20(16-17-10-4-1-5-11-17)22(19-14-8-3-9-15-19)21-18-12-6-2-7-13-18/h1-15,21H,16H2. The SMILES string of the molecule is O=C(Cc1ccccc1)N(Nc1ccccc1)c1ccccc1. The van der Waals surface area contributed by atoms with Crippen LogP contribution in [-0.4, -0.2) is 5.91 Å². The predicted octanol–water partition coefficient (Wildman–Crippen LogP) is 4.29. The fraction of sp³-hybridized carbons (Fsp3) is 0.0500. The number of hydrogen-bond donors (Lipinski definition) is 1. The number of carbonyl (C=O) groups is 1. The van der Waals surface area contributed by atoms with Crippen LogP contribution in [0.5, 0.6) is 0 Å². The molecule has 3 nitrogen and oxygen atoms in total. The first-order chi connectivity index (χ1) is 11.3. The number of nitrogens with one attached hydrogen (secondary N) is 1. The second-order valence-electron chi connectivity index (χ2n) is 5.20. The first-order valence-corrected chi connectivity index (χ1v) is 7.56. The van der Waals surface area contributed by atoms with Crippen LogP contribution in [0.15, 0.2) is 91.0 Å². The fourth-order valence-electron chi connectivity index (χ4n) is 2.34. The Bertz CT molecular complexity index is 742. The summed E-state index contributed by atoms with van der Waals surface area (Å²) in [7, 11) is 0. The third-order valence-electron chi connectivity index (χ3n) is 3.48. The van der Waals surface area contributed by atoms with E-state index in [1.807, 2.05) is 91.0 Å². The monoisotopic (exact) mass is 302 g/mol. The van der Waals surface area contributed by atoms with Crippen molar-refractivity contribution in [3.8, 4) is 0 Å². The van der Waals surface area contributed by atoms with Crippen molar-refractivity contribution in [2.45, 2.75) is 6.42 Å². The molecule has 3 rings (SSSR count). The van der Waals surface area contributed by atoms with Gasteiger partial charge in [-0.05, 0) is 29.8 Å². The van der Waals surface area contributed by atoms with Gasteiger partial charge in [-0.1, -0.05) is 66.7 Å². The van der Waals surface area contributed by atoms with Crippen LogP contribution in [0.1, 0.15) is 5.56 Å². The Morgan fingerprint density at radius 2 is 1.26 bits per heavy atom. The fourth-order valence-corrected chi connectivity index (χ4v) is 2.34. The van der Waals surface area contributed by atoms with E-state index in [1.54, 1.807) is 5.01 Å². The molecule has 23 heavy (non-hydrogen) atoms. The van der Waals surface area contributed by atoms with Gasteiger partial charge in [-0.2, -0.15) is 0 Å². The van der Waals surface area contributed by atoms with Crippen LogP contribution in [-0.2, 0) is 11.2 Å². The van der Waals surface area contributed by atoms with Gasteiger partial charge in [0.1, 0.15) is 0 Å². The number of hydrogen-bond acceptors (Lipinski definition) is 2. The van der Waals surface area contributed by atoms with Crippen molar-refractivity contribution in [1.29, 1.82) is 0 Å². The lowest BCUT2D eigenvalue weighted by molar-refractivity contribution is -0.117. The molecule has 0 radical (unpaired) electrons. The number of benzene rings is 3.